The van der Waals surface area contributed by atoms with Crippen LogP contribution in [0.2, 0.25) is 0 Å². The van der Waals surface area contributed by atoms with Crippen LogP contribution in [0, 0.1) is 6.92 Å². The molecule has 26 heavy (non-hydrogen) atoms. The highest BCUT2D eigenvalue weighted by Crippen LogP contribution is 2.27. The van der Waals surface area contributed by atoms with E-state index in [0.717, 1.165) is 5.69 Å². The van der Waals surface area contributed by atoms with Crippen molar-refractivity contribution >= 4 is 33.1 Å². The number of aryl methyl sites for hydroxylation is 2. The van der Waals surface area contributed by atoms with Gasteiger partial charge in [0.05, 0.1) is 22.3 Å². The Balaban J connectivity index is 1.62. The quantitative estimate of drug-likeness (QED) is 0.605. The lowest BCUT2D eigenvalue weighted by Gasteiger charge is -2.06. The minimum atomic E-state index is -0.251. The number of amides is 1. The minimum absolute atomic E-state index is 0.147. The molecule has 0 fully saturated rings. The Bertz CT molecular complexity index is 1160. The first kappa shape index (κ1) is 16.2. The number of hydrogen-bond acceptors (Lipinski definition) is 5. The summed E-state index contributed by atoms with van der Waals surface area (Å²) in [6, 6.07) is 9.22. The fourth-order valence-corrected chi connectivity index (χ4v) is 3.77. The van der Waals surface area contributed by atoms with E-state index in [4.69, 9.17) is 0 Å². The van der Waals surface area contributed by atoms with E-state index in [0.29, 0.717) is 26.3 Å². The maximum absolute atomic E-state index is 12.7. The van der Waals surface area contributed by atoms with Crippen molar-refractivity contribution in [2.75, 3.05) is 5.32 Å². The number of fused-ring (bicyclic) bond motifs is 1. The highest BCUT2D eigenvalue weighted by molar-refractivity contribution is 7.20. The van der Waals surface area contributed by atoms with E-state index >= 15 is 0 Å². The summed E-state index contributed by atoms with van der Waals surface area (Å²) in [6.45, 7) is 1.78. The molecule has 0 aliphatic carbocycles. The first-order valence-electron chi connectivity index (χ1n) is 7.91. The van der Waals surface area contributed by atoms with Gasteiger partial charge in [0.25, 0.3) is 11.5 Å². The van der Waals surface area contributed by atoms with Gasteiger partial charge in [0, 0.05) is 25.1 Å². The second-order valence-corrected chi connectivity index (χ2v) is 6.85. The summed E-state index contributed by atoms with van der Waals surface area (Å²) in [5.74, 6) is -0.251. The Morgan fingerprint density at radius 3 is 2.69 bits per heavy atom. The SMILES string of the molecule is Cc1c(C(=O)Nc2ccc(-n3cccn3)cc2)sc2ncn(C)c(=O)c12. The molecule has 1 aromatic carbocycles. The molecule has 0 saturated carbocycles. The van der Waals surface area contributed by atoms with Crippen molar-refractivity contribution in [3.8, 4) is 5.69 Å². The Kier molecular flexibility index (Phi) is 3.89. The van der Waals surface area contributed by atoms with Gasteiger partial charge in [-0.3, -0.25) is 9.59 Å². The van der Waals surface area contributed by atoms with Crippen molar-refractivity contribution in [3.63, 3.8) is 0 Å². The highest BCUT2D eigenvalue weighted by Gasteiger charge is 2.19. The van der Waals surface area contributed by atoms with E-state index in [2.05, 4.69) is 15.4 Å². The zero-order chi connectivity index (χ0) is 18.3. The third-order valence-electron chi connectivity index (χ3n) is 4.11. The summed E-state index contributed by atoms with van der Waals surface area (Å²) < 4.78 is 3.15. The van der Waals surface area contributed by atoms with Gasteiger partial charge in [-0.25, -0.2) is 9.67 Å². The molecule has 7 nitrogen and oxygen atoms in total. The van der Waals surface area contributed by atoms with Gasteiger partial charge >= 0.3 is 0 Å². The van der Waals surface area contributed by atoms with Gasteiger partial charge in [0.1, 0.15) is 4.83 Å². The Hall–Kier alpha value is -3.26. The molecular weight excluding hydrogens is 350 g/mol. The molecule has 0 saturated heterocycles. The summed E-state index contributed by atoms with van der Waals surface area (Å²) in [4.78, 5) is 30.3. The number of nitrogens with zero attached hydrogens (tertiary/aromatic N) is 4. The first-order valence-corrected chi connectivity index (χ1v) is 8.72. The molecule has 0 unspecified atom stereocenters. The number of benzene rings is 1. The molecule has 8 heteroatoms. The minimum Gasteiger partial charge on any atom is -0.321 e. The fraction of sp³-hybridized carbons (Fsp3) is 0.111. The van der Waals surface area contributed by atoms with Gasteiger partial charge < -0.3 is 9.88 Å². The van der Waals surface area contributed by atoms with Gasteiger partial charge in [0.15, 0.2) is 0 Å². The lowest BCUT2D eigenvalue weighted by Crippen LogP contribution is -2.17. The van der Waals surface area contributed by atoms with Crippen LogP contribution in [-0.4, -0.2) is 25.2 Å². The van der Waals surface area contributed by atoms with Crippen molar-refractivity contribution in [3.05, 3.63) is 69.8 Å². The topological polar surface area (TPSA) is 81.8 Å². The molecule has 0 aliphatic heterocycles. The summed E-state index contributed by atoms with van der Waals surface area (Å²) in [5, 5.41) is 7.54. The van der Waals surface area contributed by atoms with Gasteiger partial charge in [-0.2, -0.15) is 5.10 Å². The van der Waals surface area contributed by atoms with Crippen molar-refractivity contribution in [2.45, 2.75) is 6.92 Å². The molecular formula is C18H15N5O2S. The van der Waals surface area contributed by atoms with Gasteiger partial charge in [-0.15, -0.1) is 11.3 Å². The zero-order valence-corrected chi connectivity index (χ0v) is 14.9. The maximum atomic E-state index is 12.7. The van der Waals surface area contributed by atoms with Crippen LogP contribution in [0.3, 0.4) is 0 Å². The number of rotatable bonds is 3. The molecule has 3 heterocycles. The molecule has 0 aliphatic rings. The van der Waals surface area contributed by atoms with Gasteiger partial charge in [-0.1, -0.05) is 0 Å². The van der Waals surface area contributed by atoms with Gasteiger partial charge in [0.2, 0.25) is 0 Å². The summed E-state index contributed by atoms with van der Waals surface area (Å²) in [5.41, 5.74) is 2.08. The smallest absolute Gasteiger partial charge is 0.266 e. The largest absolute Gasteiger partial charge is 0.321 e. The van der Waals surface area contributed by atoms with Crippen LogP contribution >= 0.6 is 11.3 Å². The van der Waals surface area contributed by atoms with Crippen LogP contribution in [0.15, 0.2) is 53.8 Å². The molecule has 0 atom stereocenters. The molecule has 130 valence electrons. The number of carbonyl (C=O) groups is 1. The number of nitrogens with one attached hydrogen (secondary N) is 1. The van der Waals surface area contributed by atoms with Crippen LogP contribution in [0.5, 0.6) is 0 Å². The maximum Gasteiger partial charge on any atom is 0.266 e. The Morgan fingerprint density at radius 1 is 1.23 bits per heavy atom. The Morgan fingerprint density at radius 2 is 2.00 bits per heavy atom. The monoisotopic (exact) mass is 365 g/mol. The van der Waals surface area contributed by atoms with Crippen LogP contribution in [0.25, 0.3) is 15.9 Å². The molecule has 0 radical (unpaired) electrons. The first-order chi connectivity index (χ1) is 12.5. The van der Waals surface area contributed by atoms with Crippen LogP contribution < -0.4 is 10.9 Å². The highest BCUT2D eigenvalue weighted by atomic mass is 32.1. The predicted molar refractivity (Wildman–Crippen MR) is 101 cm³/mol. The lowest BCUT2D eigenvalue weighted by molar-refractivity contribution is 0.103. The normalized spacial score (nSPS) is 11.0. The molecule has 1 N–H and O–H groups in total. The molecule has 4 rings (SSSR count). The number of aromatic nitrogens is 4. The van der Waals surface area contributed by atoms with Crippen LogP contribution in [0.1, 0.15) is 15.2 Å². The third kappa shape index (κ3) is 2.70. The Labute approximate surface area is 152 Å². The number of hydrogen-bond donors (Lipinski definition) is 1. The summed E-state index contributed by atoms with van der Waals surface area (Å²) in [6.07, 6.45) is 5.02. The van der Waals surface area contributed by atoms with Crippen molar-refractivity contribution in [1.82, 2.24) is 19.3 Å². The average molecular weight is 365 g/mol. The number of anilines is 1. The van der Waals surface area contributed by atoms with Crippen molar-refractivity contribution in [2.24, 2.45) is 7.05 Å². The average Bonchev–Trinajstić information content (AvgIpc) is 3.27. The van der Waals surface area contributed by atoms with E-state index < -0.39 is 0 Å². The fourth-order valence-electron chi connectivity index (χ4n) is 2.73. The van der Waals surface area contributed by atoms with E-state index in [1.54, 1.807) is 24.9 Å². The number of carbonyl (C=O) groups excluding carboxylic acids is 1. The molecule has 4 aromatic rings. The predicted octanol–water partition coefficient (Wildman–Crippen LogP) is 2.74. The van der Waals surface area contributed by atoms with E-state index in [9.17, 15) is 9.59 Å². The van der Waals surface area contributed by atoms with Crippen molar-refractivity contribution < 1.29 is 4.79 Å². The summed E-state index contributed by atoms with van der Waals surface area (Å²) >= 11 is 1.22. The summed E-state index contributed by atoms with van der Waals surface area (Å²) in [7, 11) is 1.65. The van der Waals surface area contributed by atoms with E-state index in [1.165, 1.54) is 22.2 Å². The lowest BCUT2D eigenvalue weighted by atomic mass is 10.2. The molecule has 0 spiro atoms. The third-order valence-corrected chi connectivity index (χ3v) is 5.31. The second-order valence-electron chi connectivity index (χ2n) is 5.85. The molecule has 1 amide bonds. The van der Waals surface area contributed by atoms with E-state index in [1.807, 2.05) is 36.5 Å². The van der Waals surface area contributed by atoms with Crippen LogP contribution in [0.4, 0.5) is 5.69 Å². The second kappa shape index (κ2) is 6.23. The molecule has 3 aromatic heterocycles. The zero-order valence-electron chi connectivity index (χ0n) is 14.1. The molecule has 0 bridgehead atoms. The number of thiophene rings is 1. The van der Waals surface area contributed by atoms with Crippen LogP contribution in [-0.2, 0) is 7.05 Å². The van der Waals surface area contributed by atoms with E-state index in [-0.39, 0.29) is 11.5 Å². The standard InChI is InChI=1S/C18H15N5O2S/c1-11-14-17(19-10-22(2)18(14)25)26-15(11)16(24)21-12-4-6-13(7-5-12)23-9-3-8-20-23/h3-10H,1-2H3,(H,21,24). The van der Waals surface area contributed by atoms with Gasteiger partial charge in [-0.05, 0) is 42.8 Å². The van der Waals surface area contributed by atoms with Crippen molar-refractivity contribution in [1.29, 1.82) is 0 Å².